The van der Waals surface area contributed by atoms with E-state index in [4.69, 9.17) is 16.0 Å². The number of hydrogen-bond donors (Lipinski definition) is 0. The summed E-state index contributed by atoms with van der Waals surface area (Å²) in [5.74, 6) is 0.694. The van der Waals surface area contributed by atoms with E-state index in [2.05, 4.69) is 10.2 Å². The molecule has 0 unspecified atom stereocenters. The van der Waals surface area contributed by atoms with E-state index >= 15 is 0 Å². The summed E-state index contributed by atoms with van der Waals surface area (Å²) in [4.78, 5) is 14.2. The fourth-order valence-corrected chi connectivity index (χ4v) is 3.07. The first-order valence-corrected chi connectivity index (χ1v) is 9.44. The third-order valence-corrected chi connectivity index (χ3v) is 4.69. The minimum atomic E-state index is -0.0996. The highest BCUT2D eigenvalue weighted by molar-refractivity contribution is 7.08. The van der Waals surface area contributed by atoms with Gasteiger partial charge in [0, 0.05) is 22.7 Å². The molecule has 0 aliphatic rings. The number of hydrogen-bond acceptors (Lipinski definition) is 5. The first kappa shape index (κ1) is 18.4. The molecule has 0 fully saturated rings. The van der Waals surface area contributed by atoms with E-state index in [9.17, 15) is 4.79 Å². The highest BCUT2D eigenvalue weighted by Crippen LogP contribution is 2.21. The summed E-state index contributed by atoms with van der Waals surface area (Å²) in [5, 5.41) is 12.7. The molecule has 0 radical (unpaired) electrons. The summed E-state index contributed by atoms with van der Waals surface area (Å²) < 4.78 is 5.71. The van der Waals surface area contributed by atoms with Crippen molar-refractivity contribution in [2.45, 2.75) is 26.4 Å². The predicted octanol–water partition coefficient (Wildman–Crippen LogP) is 4.90. The molecule has 134 valence electrons. The number of benzene rings is 1. The van der Waals surface area contributed by atoms with Crippen LogP contribution >= 0.6 is 22.9 Å². The van der Waals surface area contributed by atoms with Gasteiger partial charge in [0.1, 0.15) is 0 Å². The lowest BCUT2D eigenvalue weighted by molar-refractivity contribution is -0.128. The van der Waals surface area contributed by atoms with E-state index < -0.39 is 0 Å². The normalized spacial score (nSPS) is 11.4. The van der Waals surface area contributed by atoms with Crippen molar-refractivity contribution in [2.24, 2.45) is 0 Å². The molecule has 0 saturated carbocycles. The molecule has 7 heteroatoms. The zero-order valence-electron chi connectivity index (χ0n) is 14.4. The van der Waals surface area contributed by atoms with Crippen LogP contribution in [0, 0.1) is 0 Å². The number of amides is 1. The van der Waals surface area contributed by atoms with Gasteiger partial charge in [-0.2, -0.15) is 11.3 Å². The molecule has 0 saturated heterocycles. The van der Waals surface area contributed by atoms with Crippen molar-refractivity contribution in [1.29, 1.82) is 0 Å². The van der Waals surface area contributed by atoms with Crippen molar-refractivity contribution in [3.05, 3.63) is 63.6 Å². The Labute approximate surface area is 160 Å². The van der Waals surface area contributed by atoms with Crippen molar-refractivity contribution in [3.63, 3.8) is 0 Å². The van der Waals surface area contributed by atoms with Gasteiger partial charge in [-0.3, -0.25) is 4.79 Å². The minimum absolute atomic E-state index is 0.000469. The van der Waals surface area contributed by atoms with Crippen LogP contribution in [0.25, 0.3) is 17.5 Å². The third kappa shape index (κ3) is 4.59. The van der Waals surface area contributed by atoms with Gasteiger partial charge in [0.25, 0.3) is 0 Å². The second-order valence-electron chi connectivity index (χ2n) is 5.96. The van der Waals surface area contributed by atoms with Gasteiger partial charge >= 0.3 is 0 Å². The van der Waals surface area contributed by atoms with Gasteiger partial charge < -0.3 is 9.32 Å². The zero-order chi connectivity index (χ0) is 18.5. The van der Waals surface area contributed by atoms with Gasteiger partial charge in [0.05, 0.1) is 6.54 Å². The molecule has 3 rings (SSSR count). The average Bonchev–Trinajstić information content (AvgIpc) is 3.30. The molecule has 26 heavy (non-hydrogen) atoms. The van der Waals surface area contributed by atoms with Crippen LogP contribution in [0.3, 0.4) is 0 Å². The molecule has 2 aromatic heterocycles. The SMILES string of the molecule is CC(C)N(Cc1nnc(-c2ccc(Cl)cc2)o1)C(=O)/C=C/c1ccsc1. The molecular weight excluding hydrogens is 370 g/mol. The Bertz CT molecular complexity index is 886. The number of nitrogens with zero attached hydrogens (tertiary/aromatic N) is 3. The summed E-state index contributed by atoms with van der Waals surface area (Å²) in [6.07, 6.45) is 3.37. The Balaban J connectivity index is 1.72. The number of aromatic nitrogens is 2. The van der Waals surface area contributed by atoms with Crippen LogP contribution in [0.5, 0.6) is 0 Å². The summed E-state index contributed by atoms with van der Waals surface area (Å²) in [6.45, 7) is 4.16. The molecule has 0 atom stereocenters. The van der Waals surface area contributed by atoms with Gasteiger partial charge in [-0.15, -0.1) is 10.2 Å². The summed E-state index contributed by atoms with van der Waals surface area (Å²) in [7, 11) is 0. The van der Waals surface area contributed by atoms with Crippen molar-refractivity contribution < 1.29 is 9.21 Å². The van der Waals surface area contributed by atoms with Crippen molar-refractivity contribution in [1.82, 2.24) is 15.1 Å². The first-order valence-electron chi connectivity index (χ1n) is 8.12. The van der Waals surface area contributed by atoms with Crippen molar-refractivity contribution >= 4 is 34.9 Å². The number of thiophene rings is 1. The molecule has 0 bridgehead atoms. The first-order chi connectivity index (χ1) is 12.5. The van der Waals surface area contributed by atoms with Crippen LogP contribution in [-0.4, -0.2) is 27.0 Å². The highest BCUT2D eigenvalue weighted by Gasteiger charge is 2.19. The molecule has 0 aliphatic heterocycles. The molecular formula is C19H18ClN3O2S. The maximum absolute atomic E-state index is 12.5. The van der Waals surface area contributed by atoms with Crippen LogP contribution < -0.4 is 0 Å². The zero-order valence-corrected chi connectivity index (χ0v) is 16.0. The monoisotopic (exact) mass is 387 g/mol. The lowest BCUT2D eigenvalue weighted by atomic mass is 10.2. The fourth-order valence-electron chi connectivity index (χ4n) is 2.32. The van der Waals surface area contributed by atoms with Crippen molar-refractivity contribution in [3.8, 4) is 11.5 Å². The number of carbonyl (C=O) groups excluding carboxylic acids is 1. The predicted molar refractivity (Wildman–Crippen MR) is 104 cm³/mol. The Morgan fingerprint density at radius 1 is 1.27 bits per heavy atom. The molecule has 5 nitrogen and oxygen atoms in total. The second kappa shape index (κ2) is 8.29. The Morgan fingerprint density at radius 2 is 2.04 bits per heavy atom. The number of carbonyl (C=O) groups is 1. The molecule has 3 aromatic rings. The fraction of sp³-hybridized carbons (Fsp3) is 0.211. The molecule has 1 aromatic carbocycles. The van der Waals surface area contributed by atoms with Gasteiger partial charge in [0.2, 0.25) is 17.7 Å². The van der Waals surface area contributed by atoms with Gasteiger partial charge in [-0.25, -0.2) is 0 Å². The molecule has 1 amide bonds. The van der Waals surface area contributed by atoms with Gasteiger partial charge in [-0.05, 0) is 66.6 Å². The molecule has 0 N–H and O–H groups in total. The van der Waals surface area contributed by atoms with Gasteiger partial charge in [-0.1, -0.05) is 11.6 Å². The van der Waals surface area contributed by atoms with E-state index in [1.807, 2.05) is 42.8 Å². The minimum Gasteiger partial charge on any atom is -0.419 e. The van der Waals surface area contributed by atoms with E-state index in [0.29, 0.717) is 16.8 Å². The lowest BCUT2D eigenvalue weighted by Gasteiger charge is -2.23. The van der Waals surface area contributed by atoms with Gasteiger partial charge in [0.15, 0.2) is 0 Å². The average molecular weight is 388 g/mol. The number of rotatable bonds is 6. The topological polar surface area (TPSA) is 59.2 Å². The summed E-state index contributed by atoms with van der Waals surface area (Å²) in [6, 6.07) is 9.12. The van der Waals surface area contributed by atoms with Crippen LogP contribution in [-0.2, 0) is 11.3 Å². The third-order valence-electron chi connectivity index (χ3n) is 3.73. The van der Waals surface area contributed by atoms with Crippen LogP contribution in [0.4, 0.5) is 0 Å². The van der Waals surface area contributed by atoms with E-state index in [0.717, 1.165) is 11.1 Å². The van der Waals surface area contributed by atoms with Crippen LogP contribution in [0.1, 0.15) is 25.3 Å². The Morgan fingerprint density at radius 3 is 2.69 bits per heavy atom. The number of halogens is 1. The van der Waals surface area contributed by atoms with Crippen LogP contribution in [0.15, 0.2) is 51.6 Å². The maximum Gasteiger partial charge on any atom is 0.247 e. The summed E-state index contributed by atoms with van der Waals surface area (Å²) >= 11 is 7.49. The smallest absolute Gasteiger partial charge is 0.247 e. The Hall–Kier alpha value is -2.44. The van der Waals surface area contributed by atoms with Crippen molar-refractivity contribution in [2.75, 3.05) is 0 Å². The summed E-state index contributed by atoms with van der Waals surface area (Å²) in [5.41, 5.74) is 1.79. The highest BCUT2D eigenvalue weighted by atomic mass is 35.5. The van der Waals surface area contributed by atoms with E-state index in [-0.39, 0.29) is 18.5 Å². The molecule has 0 spiro atoms. The molecule has 0 aliphatic carbocycles. The lowest BCUT2D eigenvalue weighted by Crippen LogP contribution is -2.35. The van der Waals surface area contributed by atoms with Crippen LogP contribution in [0.2, 0.25) is 5.02 Å². The maximum atomic E-state index is 12.5. The largest absolute Gasteiger partial charge is 0.419 e. The molecule has 2 heterocycles. The Kier molecular flexibility index (Phi) is 5.85. The second-order valence-corrected chi connectivity index (χ2v) is 7.17. The van der Waals surface area contributed by atoms with E-state index in [1.54, 1.807) is 40.5 Å². The standard InChI is InChI=1S/C19H18ClN3O2S/c1-13(2)23(18(24)8-3-14-9-10-26-12-14)11-17-21-22-19(25-17)15-4-6-16(20)7-5-15/h3-10,12-13H,11H2,1-2H3/b8-3+. The van der Waals surface area contributed by atoms with E-state index in [1.165, 1.54) is 0 Å². The quantitative estimate of drug-likeness (QED) is 0.564.